The van der Waals surface area contributed by atoms with Gasteiger partial charge in [0.15, 0.2) is 0 Å². The second kappa shape index (κ2) is 23.0. The van der Waals surface area contributed by atoms with Crippen molar-refractivity contribution in [1.29, 1.82) is 0 Å². The number of likely N-dealkylation sites (tertiary alicyclic amines) is 1. The summed E-state index contributed by atoms with van der Waals surface area (Å²) in [5, 5.41) is 24.4. The summed E-state index contributed by atoms with van der Waals surface area (Å²) in [6.45, 7) is 8.44. The standard InChI is InChI=1S/C29H34N2O4.C24H26N2O2.CH4/c1-29(2,3)35-28(33)31-13-12-25(31)20-34-27-17-24(18-30-19-27)23-11-7-10-22(14-23)16-26(32)15-21-8-5-4-6-9-21;27-23(12-18-5-2-1-3-6-18)13-19-7-4-8-20(11-19)21-14-24(16-25-15-21)28-17-22-9-10-26-22;/h4-11,14,17-19,25-26,32H,12-13,15-16,20H2,1-3H3;1-8,11,14-16,22-23,26-27H,9-10,12-13,17H2;1H4/t25-,26+;22-,23+;/m00./s1. The highest BCUT2D eigenvalue weighted by molar-refractivity contribution is 5.69. The second-order valence-electron chi connectivity index (χ2n) is 17.5. The van der Waals surface area contributed by atoms with E-state index < -0.39 is 17.8 Å². The highest BCUT2D eigenvalue weighted by Gasteiger charge is 2.35. The van der Waals surface area contributed by atoms with Gasteiger partial charge in [0.05, 0.1) is 30.6 Å². The van der Waals surface area contributed by atoms with Crippen LogP contribution in [0.5, 0.6) is 11.5 Å². The summed E-state index contributed by atoms with van der Waals surface area (Å²) >= 11 is 0. The number of carbonyl (C=O) groups excluding carboxylic acids is 1. The van der Waals surface area contributed by atoms with E-state index in [1.54, 1.807) is 17.3 Å². The van der Waals surface area contributed by atoms with E-state index in [-0.39, 0.29) is 19.6 Å². The number of amides is 1. The van der Waals surface area contributed by atoms with Gasteiger partial charge in [-0.15, -0.1) is 0 Å². The third-order valence-corrected chi connectivity index (χ3v) is 11.1. The molecule has 3 N–H and O–H groups in total. The van der Waals surface area contributed by atoms with Crippen molar-refractivity contribution in [2.75, 3.05) is 26.3 Å². The monoisotopic (exact) mass is 864 g/mol. The predicted octanol–water partition coefficient (Wildman–Crippen LogP) is 9.55. The minimum Gasteiger partial charge on any atom is -0.490 e. The summed E-state index contributed by atoms with van der Waals surface area (Å²) in [4.78, 5) is 22.7. The van der Waals surface area contributed by atoms with E-state index in [2.05, 4.69) is 51.7 Å². The Morgan fingerprint density at radius 3 is 1.55 bits per heavy atom. The first-order chi connectivity index (χ1) is 30.5. The fraction of sp³-hybridized carbons (Fsp3) is 0.352. The number of nitrogens with one attached hydrogen (secondary N) is 1. The Balaban J connectivity index is 0.000000214. The van der Waals surface area contributed by atoms with Crippen molar-refractivity contribution in [2.45, 2.75) is 96.6 Å². The first kappa shape index (κ1) is 47.4. The molecule has 8 rings (SSSR count). The quantitative estimate of drug-likeness (QED) is 0.0873. The molecule has 1 amide bonds. The number of ether oxygens (including phenoxy) is 3. The zero-order valence-electron chi connectivity index (χ0n) is 36.6. The summed E-state index contributed by atoms with van der Waals surface area (Å²) in [5.74, 6) is 1.45. The number of aliphatic hydroxyl groups excluding tert-OH is 2. The average Bonchev–Trinajstić information content (AvgIpc) is 3.23. The van der Waals surface area contributed by atoms with Gasteiger partial charge in [0.1, 0.15) is 30.3 Å². The molecular formula is C54H64N4O6. The van der Waals surface area contributed by atoms with Gasteiger partial charge in [0, 0.05) is 36.1 Å². The number of hydrogen-bond donors (Lipinski definition) is 3. The molecule has 64 heavy (non-hydrogen) atoms. The number of carbonyl (C=O) groups is 1. The van der Waals surface area contributed by atoms with Crippen LogP contribution in [0.2, 0.25) is 0 Å². The molecule has 336 valence electrons. The summed E-state index contributed by atoms with van der Waals surface area (Å²) in [6, 6.07) is 41.0. The third-order valence-electron chi connectivity index (χ3n) is 11.1. The van der Waals surface area contributed by atoms with Gasteiger partial charge in [-0.1, -0.05) is 117 Å². The maximum Gasteiger partial charge on any atom is 0.410 e. The summed E-state index contributed by atoms with van der Waals surface area (Å²) in [5.41, 5.74) is 8.03. The van der Waals surface area contributed by atoms with Crippen LogP contribution in [0.3, 0.4) is 0 Å². The van der Waals surface area contributed by atoms with Gasteiger partial charge in [-0.3, -0.25) is 9.97 Å². The molecule has 0 unspecified atom stereocenters. The van der Waals surface area contributed by atoms with Gasteiger partial charge in [0.25, 0.3) is 0 Å². The van der Waals surface area contributed by atoms with Crippen LogP contribution < -0.4 is 14.8 Å². The lowest BCUT2D eigenvalue weighted by Gasteiger charge is -2.40. The van der Waals surface area contributed by atoms with Crippen LogP contribution >= 0.6 is 0 Å². The van der Waals surface area contributed by atoms with Gasteiger partial charge in [-0.25, -0.2) is 4.79 Å². The summed E-state index contributed by atoms with van der Waals surface area (Å²) in [7, 11) is 0. The zero-order chi connectivity index (χ0) is 44.0. The number of rotatable bonds is 16. The fourth-order valence-corrected chi connectivity index (χ4v) is 7.58. The Bertz CT molecular complexity index is 2350. The average molecular weight is 865 g/mol. The molecule has 0 spiro atoms. The van der Waals surface area contributed by atoms with Crippen LogP contribution in [-0.2, 0) is 30.4 Å². The molecule has 4 aromatic carbocycles. The molecule has 0 saturated carbocycles. The largest absolute Gasteiger partial charge is 0.490 e. The van der Waals surface area contributed by atoms with Crippen LogP contribution in [-0.4, -0.2) is 87.4 Å². The summed E-state index contributed by atoms with van der Waals surface area (Å²) in [6.07, 6.45) is 10.5. The van der Waals surface area contributed by atoms with Crippen LogP contribution in [0, 0.1) is 0 Å². The van der Waals surface area contributed by atoms with Gasteiger partial charge in [-0.05, 0) is 111 Å². The molecule has 2 aliphatic heterocycles. The highest BCUT2D eigenvalue weighted by Crippen LogP contribution is 2.28. The topological polar surface area (TPSA) is 126 Å². The highest BCUT2D eigenvalue weighted by atomic mass is 16.6. The van der Waals surface area contributed by atoms with Crippen molar-refractivity contribution in [2.24, 2.45) is 0 Å². The van der Waals surface area contributed by atoms with E-state index in [0.717, 1.165) is 63.2 Å². The molecule has 0 aliphatic carbocycles. The number of aromatic nitrogens is 2. The smallest absolute Gasteiger partial charge is 0.410 e. The number of pyridine rings is 2. The molecule has 4 atom stereocenters. The normalized spacial score (nSPS) is 16.4. The van der Waals surface area contributed by atoms with Crippen LogP contribution in [0.25, 0.3) is 22.3 Å². The zero-order valence-corrected chi connectivity index (χ0v) is 36.6. The Labute approximate surface area is 379 Å². The Hall–Kier alpha value is -6.07. The Morgan fingerprint density at radius 1 is 0.641 bits per heavy atom. The Morgan fingerprint density at radius 2 is 1.11 bits per heavy atom. The lowest BCUT2D eigenvalue weighted by Crippen LogP contribution is -2.55. The van der Waals surface area contributed by atoms with E-state index >= 15 is 0 Å². The molecule has 2 aliphatic rings. The second-order valence-corrected chi connectivity index (χ2v) is 17.5. The molecular weight excluding hydrogens is 801 g/mol. The summed E-state index contributed by atoms with van der Waals surface area (Å²) < 4.78 is 17.3. The first-order valence-corrected chi connectivity index (χ1v) is 22.0. The lowest BCUT2D eigenvalue weighted by molar-refractivity contribution is -0.0141. The number of nitrogens with zero attached hydrogens (tertiary/aromatic N) is 3. The lowest BCUT2D eigenvalue weighted by atomic mass is 9.98. The Kier molecular flexibility index (Phi) is 17.1. The minimum absolute atomic E-state index is 0. The molecule has 2 fully saturated rings. The molecule has 2 saturated heterocycles. The van der Waals surface area contributed by atoms with Crippen molar-refractivity contribution >= 4 is 6.09 Å². The van der Waals surface area contributed by atoms with Gasteiger partial charge in [-0.2, -0.15) is 0 Å². The minimum atomic E-state index is -0.511. The molecule has 10 nitrogen and oxygen atoms in total. The van der Waals surface area contributed by atoms with Gasteiger partial charge >= 0.3 is 6.09 Å². The van der Waals surface area contributed by atoms with E-state index in [9.17, 15) is 15.0 Å². The number of benzene rings is 4. The van der Waals surface area contributed by atoms with Crippen LogP contribution in [0.15, 0.2) is 146 Å². The van der Waals surface area contributed by atoms with Gasteiger partial charge in [0.2, 0.25) is 0 Å². The van der Waals surface area contributed by atoms with E-state index in [1.165, 1.54) is 6.42 Å². The maximum absolute atomic E-state index is 12.3. The molecule has 6 aromatic rings. The first-order valence-electron chi connectivity index (χ1n) is 22.0. The number of aliphatic hydroxyl groups is 2. The molecule has 2 aromatic heterocycles. The molecule has 10 heteroatoms. The van der Waals surface area contributed by atoms with Gasteiger partial charge < -0.3 is 34.6 Å². The SMILES string of the molecule is C.CC(C)(C)OC(=O)N1CC[C@H]1COc1cncc(-c2cccc(C[C@H](O)Cc3ccccc3)c2)c1.O[C@H](Cc1ccccc1)Cc1cccc(-c2cncc(OC[C@@H]3CCN3)c2)c1. The molecule has 4 heterocycles. The number of hydrogen-bond acceptors (Lipinski definition) is 9. The van der Waals surface area contributed by atoms with Crippen molar-refractivity contribution in [3.8, 4) is 33.8 Å². The van der Waals surface area contributed by atoms with E-state index in [1.807, 2.05) is 118 Å². The van der Waals surface area contributed by atoms with E-state index in [4.69, 9.17) is 14.2 Å². The van der Waals surface area contributed by atoms with Crippen molar-refractivity contribution in [3.05, 3.63) is 168 Å². The predicted molar refractivity (Wildman–Crippen MR) is 255 cm³/mol. The van der Waals surface area contributed by atoms with Crippen molar-refractivity contribution < 1.29 is 29.2 Å². The van der Waals surface area contributed by atoms with Crippen LogP contribution in [0.1, 0.15) is 63.3 Å². The third kappa shape index (κ3) is 14.5. The van der Waals surface area contributed by atoms with E-state index in [0.29, 0.717) is 57.2 Å². The fourth-order valence-electron chi connectivity index (χ4n) is 7.58. The van der Waals surface area contributed by atoms with Crippen molar-refractivity contribution in [3.63, 3.8) is 0 Å². The molecule has 0 radical (unpaired) electrons. The van der Waals surface area contributed by atoms with Crippen LogP contribution in [0.4, 0.5) is 4.79 Å². The molecule has 0 bridgehead atoms. The van der Waals surface area contributed by atoms with Crippen molar-refractivity contribution in [1.82, 2.24) is 20.2 Å². The maximum atomic E-state index is 12.3.